The summed E-state index contributed by atoms with van der Waals surface area (Å²) in [5.74, 6) is -1.02. The van der Waals surface area contributed by atoms with Gasteiger partial charge in [-0.2, -0.15) is 0 Å². The molecule has 0 aliphatic rings. The molecule has 0 saturated heterocycles. The van der Waals surface area contributed by atoms with E-state index in [4.69, 9.17) is 24.4 Å². The molecule has 0 aliphatic heterocycles. The Balaban J connectivity index is 1.62. The van der Waals surface area contributed by atoms with E-state index in [1.165, 1.54) is 25.5 Å². The number of carbonyl (C=O) groups is 1. The minimum atomic E-state index is -0.525. The van der Waals surface area contributed by atoms with Crippen molar-refractivity contribution in [2.24, 2.45) is 5.73 Å². The van der Waals surface area contributed by atoms with Crippen LogP contribution in [0.4, 0.5) is 8.78 Å². The smallest absolute Gasteiger partial charge is 0.310 e. The van der Waals surface area contributed by atoms with Crippen molar-refractivity contribution in [1.29, 1.82) is 0 Å². The lowest BCUT2D eigenvalue weighted by atomic mass is 9.97. The highest BCUT2D eigenvalue weighted by Gasteiger charge is 2.20. The summed E-state index contributed by atoms with van der Waals surface area (Å²) in [5, 5.41) is 0.215. The highest BCUT2D eigenvalue weighted by Crippen LogP contribution is 2.36. The van der Waals surface area contributed by atoms with Gasteiger partial charge in [-0.15, -0.1) is 0 Å². The zero-order valence-corrected chi connectivity index (χ0v) is 20.1. The lowest BCUT2D eigenvalue weighted by Gasteiger charge is -2.15. The number of hydrogen-bond donors (Lipinski definition) is 1. The number of rotatable bonds is 10. The summed E-state index contributed by atoms with van der Waals surface area (Å²) in [6.07, 6.45) is 0.955. The molecular weight excluding hydrogens is 468 g/mol. The number of para-hydroxylation sites is 1. The largest absolute Gasteiger partial charge is 0.488 e. The molecule has 0 amide bonds. The molecule has 2 N–H and O–H groups in total. The van der Waals surface area contributed by atoms with Gasteiger partial charge in [0.05, 0.1) is 24.7 Å². The summed E-state index contributed by atoms with van der Waals surface area (Å²) in [4.78, 5) is 12.3. The molecule has 0 saturated carbocycles. The van der Waals surface area contributed by atoms with Gasteiger partial charge < -0.3 is 24.4 Å². The van der Waals surface area contributed by atoms with Crippen LogP contribution in [-0.4, -0.2) is 25.8 Å². The summed E-state index contributed by atoms with van der Waals surface area (Å²) in [7, 11) is 1.53. The van der Waals surface area contributed by atoms with Crippen molar-refractivity contribution < 1.29 is 32.2 Å². The van der Waals surface area contributed by atoms with Gasteiger partial charge >= 0.3 is 5.97 Å². The monoisotopic (exact) mass is 495 g/mol. The average molecular weight is 496 g/mol. The number of fused-ring (bicyclic) bond motifs is 1. The number of benzene rings is 3. The van der Waals surface area contributed by atoms with Crippen LogP contribution in [0.1, 0.15) is 23.6 Å². The Morgan fingerprint density at radius 1 is 1.00 bits per heavy atom. The van der Waals surface area contributed by atoms with Gasteiger partial charge in [0, 0.05) is 41.5 Å². The SMILES string of the molecule is COCC(C)OC(=O)Cc1ccccc1OCc1cc(-c2cccc(CN)c2F)c2occc2c1F. The first-order valence-electron chi connectivity index (χ1n) is 11.5. The predicted molar refractivity (Wildman–Crippen MR) is 131 cm³/mol. The minimum absolute atomic E-state index is 0.0180. The molecule has 1 heterocycles. The van der Waals surface area contributed by atoms with E-state index in [0.717, 1.165) is 0 Å². The van der Waals surface area contributed by atoms with E-state index in [-0.39, 0.29) is 54.4 Å². The van der Waals surface area contributed by atoms with Gasteiger partial charge in [0.1, 0.15) is 35.7 Å². The first-order valence-corrected chi connectivity index (χ1v) is 11.5. The van der Waals surface area contributed by atoms with Crippen LogP contribution in [0.3, 0.4) is 0 Å². The Bertz CT molecular complexity index is 1370. The van der Waals surface area contributed by atoms with Crippen molar-refractivity contribution >= 4 is 16.9 Å². The summed E-state index contributed by atoms with van der Waals surface area (Å²) in [6.45, 7) is 1.91. The Morgan fingerprint density at radius 3 is 2.56 bits per heavy atom. The van der Waals surface area contributed by atoms with Crippen LogP contribution in [0.5, 0.6) is 5.75 Å². The third-order valence-corrected chi connectivity index (χ3v) is 5.76. The van der Waals surface area contributed by atoms with Crippen LogP contribution in [-0.2, 0) is 33.8 Å². The van der Waals surface area contributed by atoms with Gasteiger partial charge in [-0.05, 0) is 25.1 Å². The van der Waals surface area contributed by atoms with Crippen molar-refractivity contribution in [3.8, 4) is 16.9 Å². The van der Waals surface area contributed by atoms with Crippen molar-refractivity contribution in [3.05, 3.63) is 89.2 Å². The van der Waals surface area contributed by atoms with Crippen molar-refractivity contribution in [1.82, 2.24) is 0 Å². The van der Waals surface area contributed by atoms with Crippen molar-refractivity contribution in [3.63, 3.8) is 0 Å². The maximum atomic E-state index is 15.3. The van der Waals surface area contributed by atoms with Gasteiger partial charge in [-0.3, -0.25) is 4.79 Å². The van der Waals surface area contributed by atoms with E-state index in [2.05, 4.69) is 0 Å². The second-order valence-corrected chi connectivity index (χ2v) is 8.37. The Labute approximate surface area is 207 Å². The second kappa shape index (κ2) is 11.3. The van der Waals surface area contributed by atoms with Crippen LogP contribution in [0.2, 0.25) is 0 Å². The molecular formula is C28H27F2NO5. The number of methoxy groups -OCH3 is 1. The summed E-state index contributed by atoms with van der Waals surface area (Å²) < 4.78 is 52.2. The summed E-state index contributed by atoms with van der Waals surface area (Å²) in [5.41, 5.74) is 7.70. The number of carbonyl (C=O) groups excluding carboxylic acids is 1. The van der Waals surface area contributed by atoms with Crippen LogP contribution >= 0.6 is 0 Å². The third kappa shape index (κ3) is 5.40. The van der Waals surface area contributed by atoms with Crippen LogP contribution < -0.4 is 10.5 Å². The fourth-order valence-corrected chi connectivity index (χ4v) is 4.05. The zero-order valence-electron chi connectivity index (χ0n) is 20.1. The summed E-state index contributed by atoms with van der Waals surface area (Å²) in [6, 6.07) is 14.9. The first-order chi connectivity index (χ1) is 17.4. The number of ether oxygens (including phenoxy) is 3. The standard InChI is InChI=1S/C28H27F2NO5/c1-17(15-33-2)36-25(32)13-18-6-3-4-9-24(18)35-16-20-12-23(28-22(27(20)30)10-11-34-28)21-8-5-7-19(14-31)26(21)29/h3-12,17H,13-16,31H2,1-2H3. The molecule has 0 fully saturated rings. The van der Waals surface area contributed by atoms with E-state index in [0.29, 0.717) is 22.4 Å². The summed E-state index contributed by atoms with van der Waals surface area (Å²) >= 11 is 0. The van der Waals surface area contributed by atoms with Crippen molar-refractivity contribution in [2.45, 2.75) is 32.6 Å². The molecule has 0 radical (unpaired) electrons. The molecule has 0 spiro atoms. The third-order valence-electron chi connectivity index (χ3n) is 5.76. The van der Waals surface area contributed by atoms with E-state index < -0.39 is 17.6 Å². The number of nitrogens with two attached hydrogens (primary N) is 1. The molecule has 1 aromatic heterocycles. The Morgan fingerprint density at radius 2 is 1.78 bits per heavy atom. The van der Waals surface area contributed by atoms with E-state index in [9.17, 15) is 4.79 Å². The van der Waals surface area contributed by atoms with Gasteiger partial charge in [0.15, 0.2) is 0 Å². The van der Waals surface area contributed by atoms with Crippen molar-refractivity contribution in [2.75, 3.05) is 13.7 Å². The maximum Gasteiger partial charge on any atom is 0.310 e. The molecule has 1 atom stereocenters. The Hall–Kier alpha value is -3.75. The fraction of sp³-hybridized carbons (Fsp3) is 0.250. The van der Waals surface area contributed by atoms with E-state index in [1.54, 1.807) is 49.4 Å². The molecule has 188 valence electrons. The quantitative estimate of drug-likeness (QED) is 0.291. The molecule has 0 aliphatic carbocycles. The highest BCUT2D eigenvalue weighted by molar-refractivity contribution is 5.94. The molecule has 3 aromatic carbocycles. The predicted octanol–water partition coefficient (Wildman–Crippen LogP) is 5.54. The number of furan rings is 1. The average Bonchev–Trinajstić information content (AvgIpc) is 3.35. The van der Waals surface area contributed by atoms with Gasteiger partial charge in [0.2, 0.25) is 0 Å². The molecule has 0 bridgehead atoms. The van der Waals surface area contributed by atoms with Crippen LogP contribution in [0.15, 0.2) is 65.3 Å². The highest BCUT2D eigenvalue weighted by atomic mass is 19.1. The second-order valence-electron chi connectivity index (χ2n) is 8.37. The number of esters is 1. The van der Waals surface area contributed by atoms with Crippen LogP contribution in [0, 0.1) is 11.6 Å². The zero-order chi connectivity index (χ0) is 25.7. The Kier molecular flexibility index (Phi) is 7.97. The topological polar surface area (TPSA) is 83.9 Å². The van der Waals surface area contributed by atoms with Gasteiger partial charge in [-0.1, -0.05) is 36.4 Å². The van der Waals surface area contributed by atoms with Crippen LogP contribution in [0.25, 0.3) is 22.1 Å². The normalized spacial score (nSPS) is 12.0. The van der Waals surface area contributed by atoms with Gasteiger partial charge in [0.25, 0.3) is 0 Å². The first kappa shape index (κ1) is 25.3. The minimum Gasteiger partial charge on any atom is -0.488 e. The van der Waals surface area contributed by atoms with Gasteiger partial charge in [-0.25, -0.2) is 8.78 Å². The molecule has 36 heavy (non-hydrogen) atoms. The molecule has 4 aromatic rings. The molecule has 1 unspecified atom stereocenters. The molecule has 8 heteroatoms. The maximum absolute atomic E-state index is 15.3. The van der Waals surface area contributed by atoms with E-state index >= 15 is 8.78 Å². The number of hydrogen-bond acceptors (Lipinski definition) is 6. The molecule has 4 rings (SSSR count). The molecule has 6 nitrogen and oxygen atoms in total. The lowest BCUT2D eigenvalue weighted by Crippen LogP contribution is -2.21. The fourth-order valence-electron chi connectivity index (χ4n) is 4.05. The number of halogens is 2. The lowest BCUT2D eigenvalue weighted by molar-refractivity contribution is -0.149. The van der Waals surface area contributed by atoms with E-state index in [1.807, 2.05) is 0 Å².